The number of ether oxygens (including phenoxy) is 2. The van der Waals surface area contributed by atoms with Crippen LogP contribution in [-0.4, -0.2) is 66.6 Å². The molecule has 0 aromatic heterocycles. The third-order valence-corrected chi connectivity index (χ3v) is 7.73. The molecule has 3 atom stereocenters. The van der Waals surface area contributed by atoms with E-state index in [-0.39, 0.29) is 56.3 Å². The van der Waals surface area contributed by atoms with Crippen molar-refractivity contribution >= 4 is 35.2 Å². The Labute approximate surface area is 273 Å². The van der Waals surface area contributed by atoms with Crippen molar-refractivity contribution in [3.63, 3.8) is 0 Å². The zero-order valence-corrected chi connectivity index (χ0v) is 26.5. The summed E-state index contributed by atoms with van der Waals surface area (Å²) in [5, 5.41) is 21.6. The first-order valence-corrected chi connectivity index (χ1v) is 15.5. The number of carbonyl (C=O) groups excluding carboxylic acids is 4. The normalized spacial score (nSPS) is 19.3. The third-order valence-electron chi connectivity index (χ3n) is 7.48. The molecule has 0 aliphatic carbocycles. The molecule has 4 rings (SSSR count). The minimum atomic E-state index is -1.07. The highest BCUT2D eigenvalue weighted by atomic mass is 35.5. The maximum absolute atomic E-state index is 13.5. The Hall–Kier alpha value is -4.77. The average molecular weight is 651 g/mol. The molecule has 1 aliphatic rings. The van der Waals surface area contributed by atoms with Gasteiger partial charge in [-0.3, -0.25) is 19.2 Å². The Morgan fingerprint density at radius 1 is 1.00 bits per heavy atom. The maximum Gasteiger partial charge on any atom is 0.255 e. The SMILES string of the molecule is CC(C)[C@@H]1COc2ccccc2C(=O)N[C@H](C(=O)NCCOc2ccc(Cl)cc2)CCC(=O)N[C@@H](Cc2ccc(O)cc2)C(=O)N1. The lowest BCUT2D eigenvalue weighted by Gasteiger charge is -2.26. The fraction of sp³-hybridized carbons (Fsp3) is 0.353. The van der Waals surface area contributed by atoms with Gasteiger partial charge in [0.1, 0.15) is 42.5 Å². The lowest BCUT2D eigenvalue weighted by Crippen LogP contribution is -2.53. The van der Waals surface area contributed by atoms with E-state index in [2.05, 4.69) is 21.3 Å². The molecular formula is C34H39ClN4O7. The van der Waals surface area contributed by atoms with E-state index in [1.807, 2.05) is 13.8 Å². The quantitative estimate of drug-likeness (QED) is 0.234. The van der Waals surface area contributed by atoms with Crippen LogP contribution < -0.4 is 30.7 Å². The lowest BCUT2D eigenvalue weighted by molar-refractivity contribution is -0.130. The van der Waals surface area contributed by atoms with Gasteiger partial charge in [-0.1, -0.05) is 49.7 Å². The Balaban J connectivity index is 1.53. The molecule has 244 valence electrons. The standard InChI is InChI=1S/C34H39ClN4O7/c1-21(2)29-20-46-30-6-4-3-5-26(30)32(42)38-27(33(43)36-17-18-45-25-13-9-23(35)10-14-25)15-16-31(41)37-28(34(44)39-29)19-22-7-11-24(40)12-8-22/h3-14,21,27-29,40H,15-20H2,1-2H3,(H,36,43)(H,37,41)(H,38,42)(H,39,44)/t27-,28-,29-/m0/s1. The molecule has 1 aliphatic heterocycles. The van der Waals surface area contributed by atoms with Gasteiger partial charge in [0.15, 0.2) is 0 Å². The minimum Gasteiger partial charge on any atom is -0.508 e. The number of para-hydroxylation sites is 1. The third kappa shape index (κ3) is 10.1. The van der Waals surface area contributed by atoms with Crippen LogP contribution in [0.3, 0.4) is 0 Å². The van der Waals surface area contributed by atoms with Gasteiger partial charge >= 0.3 is 0 Å². The second-order valence-corrected chi connectivity index (χ2v) is 11.8. The molecule has 11 nitrogen and oxygen atoms in total. The summed E-state index contributed by atoms with van der Waals surface area (Å²) < 4.78 is 11.7. The lowest BCUT2D eigenvalue weighted by atomic mass is 10.0. The van der Waals surface area contributed by atoms with Gasteiger partial charge in [-0.15, -0.1) is 0 Å². The summed E-state index contributed by atoms with van der Waals surface area (Å²) in [6, 6.07) is 17.4. The number of nitrogens with one attached hydrogen (secondary N) is 4. The molecule has 0 spiro atoms. The Bertz CT molecular complexity index is 1500. The van der Waals surface area contributed by atoms with E-state index in [0.29, 0.717) is 16.5 Å². The molecule has 0 saturated carbocycles. The van der Waals surface area contributed by atoms with E-state index in [0.717, 1.165) is 5.56 Å². The summed E-state index contributed by atoms with van der Waals surface area (Å²) >= 11 is 5.91. The number of phenolic OH excluding ortho intramolecular Hbond substituents is 1. The molecule has 1 heterocycles. The summed E-state index contributed by atoms with van der Waals surface area (Å²) in [4.78, 5) is 53.4. The molecule has 0 bridgehead atoms. The fourth-order valence-corrected chi connectivity index (χ4v) is 4.89. The summed E-state index contributed by atoms with van der Waals surface area (Å²) in [6.45, 7) is 4.23. The van der Waals surface area contributed by atoms with Gasteiger partial charge in [0, 0.05) is 17.9 Å². The second kappa shape index (κ2) is 16.5. The molecule has 3 aromatic rings. The van der Waals surface area contributed by atoms with Gasteiger partial charge in [-0.2, -0.15) is 0 Å². The topological polar surface area (TPSA) is 155 Å². The number of amides is 4. The Kier molecular flexibility index (Phi) is 12.2. The van der Waals surface area contributed by atoms with Crippen LogP contribution in [-0.2, 0) is 20.8 Å². The number of carbonyl (C=O) groups is 4. The highest BCUT2D eigenvalue weighted by Crippen LogP contribution is 2.20. The molecule has 4 amide bonds. The molecule has 3 aromatic carbocycles. The number of halogens is 1. The number of phenols is 1. The van der Waals surface area contributed by atoms with E-state index in [9.17, 15) is 24.3 Å². The van der Waals surface area contributed by atoms with Crippen molar-refractivity contribution in [2.45, 2.75) is 51.2 Å². The monoisotopic (exact) mass is 650 g/mol. The molecule has 5 N–H and O–H groups in total. The van der Waals surface area contributed by atoms with E-state index in [1.54, 1.807) is 60.7 Å². The van der Waals surface area contributed by atoms with Crippen molar-refractivity contribution in [2.24, 2.45) is 5.92 Å². The van der Waals surface area contributed by atoms with Gasteiger partial charge in [-0.05, 0) is 66.4 Å². The van der Waals surface area contributed by atoms with Gasteiger partial charge < -0.3 is 35.8 Å². The smallest absolute Gasteiger partial charge is 0.255 e. The maximum atomic E-state index is 13.5. The van der Waals surface area contributed by atoms with Crippen LogP contribution in [0.25, 0.3) is 0 Å². The van der Waals surface area contributed by atoms with Crippen molar-refractivity contribution in [1.29, 1.82) is 0 Å². The summed E-state index contributed by atoms with van der Waals surface area (Å²) in [6.07, 6.45) is -0.0158. The van der Waals surface area contributed by atoms with Gasteiger partial charge in [0.2, 0.25) is 17.7 Å². The summed E-state index contributed by atoms with van der Waals surface area (Å²) in [5.74, 6) is -0.997. The zero-order valence-electron chi connectivity index (χ0n) is 25.8. The first-order chi connectivity index (χ1) is 22.1. The largest absolute Gasteiger partial charge is 0.508 e. The molecular weight excluding hydrogens is 612 g/mol. The number of fused-ring (bicyclic) bond motifs is 1. The highest BCUT2D eigenvalue weighted by molar-refractivity contribution is 6.30. The van der Waals surface area contributed by atoms with Crippen LogP contribution in [0.2, 0.25) is 5.02 Å². The number of aromatic hydroxyl groups is 1. The van der Waals surface area contributed by atoms with E-state index in [4.69, 9.17) is 21.1 Å². The zero-order chi connectivity index (χ0) is 33.1. The van der Waals surface area contributed by atoms with Crippen LogP contribution in [0.1, 0.15) is 42.6 Å². The van der Waals surface area contributed by atoms with Crippen molar-refractivity contribution in [3.05, 3.63) is 88.9 Å². The number of rotatable bonds is 8. The molecule has 46 heavy (non-hydrogen) atoms. The van der Waals surface area contributed by atoms with Crippen LogP contribution in [0.15, 0.2) is 72.8 Å². The first kappa shape index (κ1) is 34.1. The van der Waals surface area contributed by atoms with Crippen molar-refractivity contribution in [1.82, 2.24) is 21.3 Å². The van der Waals surface area contributed by atoms with Crippen LogP contribution >= 0.6 is 11.6 Å². The number of benzene rings is 3. The van der Waals surface area contributed by atoms with Gasteiger partial charge in [0.05, 0.1) is 18.2 Å². The van der Waals surface area contributed by atoms with Crippen LogP contribution in [0.5, 0.6) is 17.2 Å². The predicted molar refractivity (Wildman–Crippen MR) is 173 cm³/mol. The molecule has 0 saturated heterocycles. The first-order valence-electron chi connectivity index (χ1n) is 15.2. The van der Waals surface area contributed by atoms with Crippen LogP contribution in [0, 0.1) is 5.92 Å². The molecule has 12 heteroatoms. The molecule has 0 radical (unpaired) electrons. The van der Waals surface area contributed by atoms with E-state index >= 15 is 0 Å². The highest BCUT2D eigenvalue weighted by Gasteiger charge is 2.29. The summed E-state index contributed by atoms with van der Waals surface area (Å²) in [5.41, 5.74) is 0.942. The Morgan fingerprint density at radius 3 is 2.43 bits per heavy atom. The van der Waals surface area contributed by atoms with Crippen LogP contribution in [0.4, 0.5) is 0 Å². The number of hydrogen-bond acceptors (Lipinski definition) is 7. The van der Waals surface area contributed by atoms with Crippen molar-refractivity contribution in [3.8, 4) is 17.2 Å². The van der Waals surface area contributed by atoms with E-state index < -0.39 is 41.8 Å². The summed E-state index contributed by atoms with van der Waals surface area (Å²) in [7, 11) is 0. The molecule has 0 fully saturated rings. The number of hydrogen-bond donors (Lipinski definition) is 5. The van der Waals surface area contributed by atoms with Crippen molar-refractivity contribution in [2.75, 3.05) is 19.8 Å². The van der Waals surface area contributed by atoms with Crippen molar-refractivity contribution < 1.29 is 33.8 Å². The predicted octanol–water partition coefficient (Wildman–Crippen LogP) is 3.38. The fourth-order valence-electron chi connectivity index (χ4n) is 4.76. The Morgan fingerprint density at radius 2 is 1.72 bits per heavy atom. The van der Waals surface area contributed by atoms with Gasteiger partial charge in [0.25, 0.3) is 5.91 Å². The average Bonchev–Trinajstić information content (AvgIpc) is 3.04. The molecule has 0 unspecified atom stereocenters. The van der Waals surface area contributed by atoms with Gasteiger partial charge in [-0.25, -0.2) is 0 Å². The van der Waals surface area contributed by atoms with E-state index in [1.165, 1.54) is 12.1 Å². The second-order valence-electron chi connectivity index (χ2n) is 11.3. The minimum absolute atomic E-state index is 0.0351.